The maximum Gasteiger partial charge on any atom is 0.276 e. The van der Waals surface area contributed by atoms with Gasteiger partial charge in [0.2, 0.25) is 5.89 Å². The standard InChI is InChI=1S/C8H13N3OS/c1-13-8-11-10-7(12-8)6-2-4-9-5-3-6/h6,9H,2-5H2,1H3/p+1. The van der Waals surface area contributed by atoms with Gasteiger partial charge in [-0.15, -0.1) is 10.2 Å². The third-order valence-corrected chi connectivity index (χ3v) is 2.90. The Hall–Kier alpha value is -0.550. The van der Waals surface area contributed by atoms with Crippen molar-refractivity contribution in [3.63, 3.8) is 0 Å². The number of aromatic nitrogens is 2. The minimum Gasteiger partial charge on any atom is -0.416 e. The van der Waals surface area contributed by atoms with E-state index in [-0.39, 0.29) is 0 Å². The Labute approximate surface area is 81.5 Å². The van der Waals surface area contributed by atoms with Crippen LogP contribution in [-0.4, -0.2) is 29.5 Å². The van der Waals surface area contributed by atoms with Crippen molar-refractivity contribution < 1.29 is 9.73 Å². The van der Waals surface area contributed by atoms with Gasteiger partial charge in [0.05, 0.1) is 13.1 Å². The van der Waals surface area contributed by atoms with Crippen LogP contribution in [0.4, 0.5) is 0 Å². The van der Waals surface area contributed by atoms with Crippen molar-refractivity contribution in [3.05, 3.63) is 5.89 Å². The molecule has 0 radical (unpaired) electrons. The van der Waals surface area contributed by atoms with Gasteiger partial charge in [0.1, 0.15) is 0 Å². The van der Waals surface area contributed by atoms with Crippen LogP contribution in [0, 0.1) is 0 Å². The topological polar surface area (TPSA) is 55.5 Å². The molecule has 0 aromatic carbocycles. The number of nitrogens with two attached hydrogens (primary N) is 1. The van der Waals surface area contributed by atoms with Crippen molar-refractivity contribution in [2.75, 3.05) is 19.3 Å². The third-order valence-electron chi connectivity index (χ3n) is 2.38. The molecular weight excluding hydrogens is 186 g/mol. The molecule has 0 atom stereocenters. The quantitative estimate of drug-likeness (QED) is 0.694. The van der Waals surface area contributed by atoms with E-state index in [0.29, 0.717) is 11.1 Å². The highest BCUT2D eigenvalue weighted by Crippen LogP contribution is 2.24. The summed E-state index contributed by atoms with van der Waals surface area (Å²) < 4.78 is 5.50. The molecule has 1 fully saturated rings. The molecule has 1 aromatic heterocycles. The highest BCUT2D eigenvalue weighted by atomic mass is 32.2. The van der Waals surface area contributed by atoms with Crippen LogP contribution in [0.15, 0.2) is 9.64 Å². The molecule has 2 N–H and O–H groups in total. The zero-order chi connectivity index (χ0) is 9.10. The molecule has 72 valence electrons. The second-order valence-corrected chi connectivity index (χ2v) is 4.01. The summed E-state index contributed by atoms with van der Waals surface area (Å²) in [6.45, 7) is 2.36. The van der Waals surface area contributed by atoms with Crippen LogP contribution in [0.3, 0.4) is 0 Å². The van der Waals surface area contributed by atoms with Crippen LogP contribution >= 0.6 is 11.8 Å². The van der Waals surface area contributed by atoms with Crippen LogP contribution < -0.4 is 5.32 Å². The summed E-state index contributed by atoms with van der Waals surface area (Å²) in [5, 5.41) is 11.0. The van der Waals surface area contributed by atoms with E-state index < -0.39 is 0 Å². The summed E-state index contributed by atoms with van der Waals surface area (Å²) in [6.07, 6.45) is 4.28. The fraction of sp³-hybridized carbons (Fsp3) is 0.750. The Morgan fingerprint density at radius 2 is 2.15 bits per heavy atom. The lowest BCUT2D eigenvalue weighted by molar-refractivity contribution is -0.663. The first-order chi connectivity index (χ1) is 6.40. The third kappa shape index (κ3) is 2.03. The summed E-state index contributed by atoms with van der Waals surface area (Å²) in [6, 6.07) is 0. The average molecular weight is 200 g/mol. The predicted molar refractivity (Wildman–Crippen MR) is 49.7 cm³/mol. The number of piperidine rings is 1. The lowest BCUT2D eigenvalue weighted by atomic mass is 9.98. The first kappa shape index (κ1) is 9.02. The summed E-state index contributed by atoms with van der Waals surface area (Å²) >= 11 is 1.51. The number of rotatable bonds is 2. The van der Waals surface area contributed by atoms with Gasteiger partial charge >= 0.3 is 0 Å². The van der Waals surface area contributed by atoms with E-state index in [1.54, 1.807) is 0 Å². The van der Waals surface area contributed by atoms with Gasteiger partial charge in [-0.25, -0.2) is 0 Å². The Balaban J connectivity index is 2.05. The molecule has 13 heavy (non-hydrogen) atoms. The number of thioether (sulfide) groups is 1. The van der Waals surface area contributed by atoms with E-state index in [2.05, 4.69) is 15.5 Å². The Kier molecular flexibility index (Phi) is 2.85. The minimum atomic E-state index is 0.499. The van der Waals surface area contributed by atoms with Gasteiger partial charge in [-0.05, 0) is 6.26 Å². The Morgan fingerprint density at radius 1 is 1.38 bits per heavy atom. The molecule has 0 bridgehead atoms. The zero-order valence-corrected chi connectivity index (χ0v) is 8.51. The molecule has 0 saturated carbocycles. The van der Waals surface area contributed by atoms with Crippen molar-refractivity contribution in [1.82, 2.24) is 10.2 Å². The van der Waals surface area contributed by atoms with Gasteiger partial charge in [0.25, 0.3) is 5.22 Å². The molecule has 2 heterocycles. The lowest BCUT2D eigenvalue weighted by Gasteiger charge is -2.16. The van der Waals surface area contributed by atoms with Crippen molar-refractivity contribution in [1.29, 1.82) is 0 Å². The van der Waals surface area contributed by atoms with E-state index in [1.807, 2.05) is 6.26 Å². The van der Waals surface area contributed by atoms with Crippen molar-refractivity contribution in [2.45, 2.75) is 24.0 Å². The molecule has 1 aliphatic rings. The molecule has 0 aliphatic carbocycles. The van der Waals surface area contributed by atoms with Gasteiger partial charge in [0.15, 0.2) is 0 Å². The van der Waals surface area contributed by atoms with Crippen LogP contribution in [-0.2, 0) is 0 Å². The Morgan fingerprint density at radius 3 is 2.77 bits per heavy atom. The van der Waals surface area contributed by atoms with E-state index in [9.17, 15) is 0 Å². The van der Waals surface area contributed by atoms with Gasteiger partial charge in [-0.2, -0.15) is 0 Å². The fourth-order valence-electron chi connectivity index (χ4n) is 1.64. The maximum atomic E-state index is 5.50. The first-order valence-electron chi connectivity index (χ1n) is 4.59. The monoisotopic (exact) mass is 200 g/mol. The summed E-state index contributed by atoms with van der Waals surface area (Å²) in [4.78, 5) is 0. The van der Waals surface area contributed by atoms with E-state index in [4.69, 9.17) is 4.42 Å². The minimum absolute atomic E-state index is 0.499. The van der Waals surface area contributed by atoms with Crippen LogP contribution in [0.2, 0.25) is 0 Å². The molecule has 0 unspecified atom stereocenters. The highest BCUT2D eigenvalue weighted by Gasteiger charge is 2.22. The van der Waals surface area contributed by atoms with Gasteiger partial charge in [-0.1, -0.05) is 11.8 Å². The van der Waals surface area contributed by atoms with Crippen LogP contribution in [0.1, 0.15) is 24.7 Å². The van der Waals surface area contributed by atoms with Gasteiger partial charge in [-0.3, -0.25) is 0 Å². The van der Waals surface area contributed by atoms with Crippen molar-refractivity contribution >= 4 is 11.8 Å². The predicted octanol–water partition coefficient (Wildman–Crippen LogP) is 0.232. The number of hydrogen-bond acceptors (Lipinski definition) is 4. The van der Waals surface area contributed by atoms with Gasteiger partial charge < -0.3 is 9.73 Å². The number of hydrogen-bond donors (Lipinski definition) is 1. The zero-order valence-electron chi connectivity index (χ0n) is 7.69. The SMILES string of the molecule is CSc1nnc(C2CC[NH2+]CC2)o1. The molecule has 2 rings (SSSR count). The molecule has 1 aromatic rings. The molecule has 0 spiro atoms. The van der Waals surface area contributed by atoms with Crippen LogP contribution in [0.25, 0.3) is 0 Å². The second kappa shape index (κ2) is 4.11. The largest absolute Gasteiger partial charge is 0.416 e. The molecule has 1 saturated heterocycles. The highest BCUT2D eigenvalue weighted by molar-refractivity contribution is 7.98. The van der Waals surface area contributed by atoms with Crippen molar-refractivity contribution in [3.8, 4) is 0 Å². The van der Waals surface area contributed by atoms with E-state index in [0.717, 1.165) is 18.7 Å². The maximum absolute atomic E-state index is 5.50. The van der Waals surface area contributed by atoms with E-state index >= 15 is 0 Å². The van der Waals surface area contributed by atoms with E-state index in [1.165, 1.54) is 24.9 Å². The van der Waals surface area contributed by atoms with Gasteiger partial charge in [0, 0.05) is 18.8 Å². The summed E-state index contributed by atoms with van der Waals surface area (Å²) in [5.74, 6) is 1.33. The number of quaternary nitrogens is 1. The second-order valence-electron chi connectivity index (χ2n) is 3.25. The fourth-order valence-corrected chi connectivity index (χ4v) is 1.93. The smallest absolute Gasteiger partial charge is 0.276 e. The summed E-state index contributed by atoms with van der Waals surface area (Å²) in [7, 11) is 0. The summed E-state index contributed by atoms with van der Waals surface area (Å²) in [5.41, 5.74) is 0. The van der Waals surface area contributed by atoms with Crippen LogP contribution in [0.5, 0.6) is 0 Å². The lowest BCUT2D eigenvalue weighted by Crippen LogP contribution is -2.86. The molecule has 0 amide bonds. The first-order valence-corrected chi connectivity index (χ1v) is 5.81. The normalized spacial score (nSPS) is 19.2. The molecule has 4 nitrogen and oxygen atoms in total. The molecule has 1 aliphatic heterocycles. The molecule has 5 heteroatoms. The number of nitrogens with zero attached hydrogens (tertiary/aromatic N) is 2. The molecular formula is C8H14N3OS+. The van der Waals surface area contributed by atoms with Crippen molar-refractivity contribution in [2.24, 2.45) is 0 Å². The Bertz CT molecular complexity index is 270. The average Bonchev–Trinajstić information content (AvgIpc) is 2.67.